The van der Waals surface area contributed by atoms with Crippen LogP contribution in [0.5, 0.6) is 0 Å². The molecule has 2 N–H and O–H groups in total. The van der Waals surface area contributed by atoms with E-state index in [4.69, 9.17) is 5.11 Å². The molecule has 1 unspecified atom stereocenters. The molecule has 102 valence electrons. The average molecular weight is 281 g/mol. The number of hydrogen-bond donors (Lipinski definition) is 2. The van der Waals surface area contributed by atoms with Crippen molar-refractivity contribution >= 4 is 22.2 Å². The highest BCUT2D eigenvalue weighted by atomic mass is 32.1. The molecule has 0 saturated heterocycles. The molecule has 0 radical (unpaired) electrons. The highest BCUT2D eigenvalue weighted by Crippen LogP contribution is 2.10. The van der Waals surface area contributed by atoms with E-state index >= 15 is 0 Å². The van der Waals surface area contributed by atoms with Gasteiger partial charge in [-0.2, -0.15) is 0 Å². The summed E-state index contributed by atoms with van der Waals surface area (Å²) in [5.74, 6) is -0.510. The maximum absolute atomic E-state index is 12.2. The summed E-state index contributed by atoms with van der Waals surface area (Å²) in [6.07, 6.45) is 1.30. The third-order valence-corrected chi connectivity index (χ3v) is 3.74. The van der Waals surface area contributed by atoms with Gasteiger partial charge in [-0.1, -0.05) is 6.92 Å². The van der Waals surface area contributed by atoms with Crippen LogP contribution in [0.25, 0.3) is 4.96 Å². The van der Waals surface area contributed by atoms with Gasteiger partial charge >= 0.3 is 0 Å². The number of amides is 1. The van der Waals surface area contributed by atoms with Crippen molar-refractivity contribution in [2.24, 2.45) is 5.92 Å². The fraction of sp³-hybridized carbons (Fsp3) is 0.417. The maximum Gasteiger partial charge on any atom is 0.271 e. The van der Waals surface area contributed by atoms with Crippen molar-refractivity contribution in [2.75, 3.05) is 13.2 Å². The predicted octanol–water partition coefficient (Wildman–Crippen LogP) is 0.423. The summed E-state index contributed by atoms with van der Waals surface area (Å²) in [5, 5.41) is 13.3. The summed E-state index contributed by atoms with van der Waals surface area (Å²) in [7, 11) is 0. The first-order valence-electron chi connectivity index (χ1n) is 5.89. The molecule has 0 bridgehead atoms. The number of aromatic nitrogens is 2. The molecule has 0 aromatic carbocycles. The van der Waals surface area contributed by atoms with Crippen LogP contribution in [0.2, 0.25) is 0 Å². The van der Waals surface area contributed by atoms with Crippen LogP contribution in [0.4, 0.5) is 0 Å². The Morgan fingerprint density at radius 3 is 3.05 bits per heavy atom. The van der Waals surface area contributed by atoms with Crippen LogP contribution in [-0.4, -0.2) is 33.6 Å². The van der Waals surface area contributed by atoms with Crippen LogP contribution in [0.3, 0.4) is 0 Å². The van der Waals surface area contributed by atoms with E-state index in [0.717, 1.165) is 5.69 Å². The maximum atomic E-state index is 12.2. The largest absolute Gasteiger partial charge is 0.396 e. The van der Waals surface area contributed by atoms with Gasteiger partial charge in [-0.3, -0.25) is 14.0 Å². The molecular weight excluding hydrogens is 266 g/mol. The first-order chi connectivity index (χ1) is 9.04. The molecule has 0 saturated carbocycles. The Balaban J connectivity index is 2.30. The minimum absolute atomic E-state index is 0.0137. The average Bonchev–Trinajstić information content (AvgIpc) is 2.78. The fourth-order valence-corrected chi connectivity index (χ4v) is 2.43. The fourth-order valence-electron chi connectivity index (χ4n) is 1.61. The zero-order chi connectivity index (χ0) is 14.0. The minimum atomic E-state index is -0.460. The summed E-state index contributed by atoms with van der Waals surface area (Å²) in [4.78, 5) is 28.8. The predicted molar refractivity (Wildman–Crippen MR) is 72.7 cm³/mol. The van der Waals surface area contributed by atoms with Crippen LogP contribution in [0, 0.1) is 12.8 Å². The van der Waals surface area contributed by atoms with Gasteiger partial charge in [0.25, 0.3) is 11.5 Å². The first-order valence-corrected chi connectivity index (χ1v) is 6.77. The van der Waals surface area contributed by atoms with Crippen molar-refractivity contribution < 1.29 is 9.90 Å². The van der Waals surface area contributed by atoms with Crippen LogP contribution in [-0.2, 0) is 0 Å². The molecule has 0 fully saturated rings. The zero-order valence-electron chi connectivity index (χ0n) is 10.7. The summed E-state index contributed by atoms with van der Waals surface area (Å²) in [6.45, 7) is 3.90. The third-order valence-electron chi connectivity index (χ3n) is 2.78. The number of aliphatic hydroxyl groups excluding tert-OH is 1. The number of thiazole rings is 1. The molecule has 2 aromatic heterocycles. The van der Waals surface area contributed by atoms with E-state index in [1.54, 1.807) is 13.8 Å². The number of hydrogen-bond acceptors (Lipinski definition) is 5. The van der Waals surface area contributed by atoms with E-state index in [1.165, 1.54) is 21.9 Å². The Kier molecular flexibility index (Phi) is 3.96. The number of carbonyl (C=O) groups is 1. The number of carbonyl (C=O) groups excluding carboxylic acids is 1. The highest BCUT2D eigenvalue weighted by Gasteiger charge is 2.15. The number of aryl methyl sites for hydroxylation is 1. The van der Waals surface area contributed by atoms with Gasteiger partial charge in [0.1, 0.15) is 5.56 Å². The van der Waals surface area contributed by atoms with Crippen molar-refractivity contribution in [1.82, 2.24) is 14.7 Å². The first kappa shape index (κ1) is 13.7. The Morgan fingerprint density at radius 2 is 2.37 bits per heavy atom. The van der Waals surface area contributed by atoms with E-state index in [-0.39, 0.29) is 23.6 Å². The molecule has 6 nitrogen and oxygen atoms in total. The van der Waals surface area contributed by atoms with Crippen molar-refractivity contribution in [1.29, 1.82) is 0 Å². The molecule has 1 amide bonds. The number of aliphatic hydroxyl groups is 1. The number of nitrogens with one attached hydrogen (secondary N) is 1. The Labute approximate surface area is 113 Å². The van der Waals surface area contributed by atoms with Gasteiger partial charge in [-0.25, -0.2) is 4.98 Å². The minimum Gasteiger partial charge on any atom is -0.396 e. The number of nitrogens with zero attached hydrogens (tertiary/aromatic N) is 2. The lowest BCUT2D eigenvalue weighted by molar-refractivity contribution is 0.0940. The second kappa shape index (κ2) is 5.50. The molecule has 2 rings (SSSR count). The van der Waals surface area contributed by atoms with E-state index in [0.29, 0.717) is 11.5 Å². The monoisotopic (exact) mass is 281 g/mol. The van der Waals surface area contributed by atoms with Crippen molar-refractivity contribution in [3.8, 4) is 0 Å². The highest BCUT2D eigenvalue weighted by molar-refractivity contribution is 7.15. The van der Waals surface area contributed by atoms with Crippen LogP contribution in [0.1, 0.15) is 23.0 Å². The SMILES string of the molecule is Cc1csc2ncc(C(=O)NCC(C)CO)c(=O)n12. The lowest BCUT2D eigenvalue weighted by atomic mass is 10.2. The summed E-state index contributed by atoms with van der Waals surface area (Å²) in [5.41, 5.74) is 0.415. The summed E-state index contributed by atoms with van der Waals surface area (Å²) >= 11 is 1.36. The van der Waals surface area contributed by atoms with Gasteiger partial charge in [0, 0.05) is 30.4 Å². The van der Waals surface area contributed by atoms with Gasteiger partial charge in [0.15, 0.2) is 4.96 Å². The normalized spacial score (nSPS) is 12.6. The van der Waals surface area contributed by atoms with Crippen LogP contribution in [0.15, 0.2) is 16.4 Å². The van der Waals surface area contributed by atoms with Crippen molar-refractivity contribution in [3.05, 3.63) is 33.2 Å². The second-order valence-electron chi connectivity index (χ2n) is 4.47. The molecule has 1 atom stereocenters. The van der Waals surface area contributed by atoms with E-state index in [2.05, 4.69) is 10.3 Å². The van der Waals surface area contributed by atoms with Crippen molar-refractivity contribution in [2.45, 2.75) is 13.8 Å². The van der Waals surface area contributed by atoms with Crippen LogP contribution >= 0.6 is 11.3 Å². The number of fused-ring (bicyclic) bond motifs is 1. The summed E-state index contributed by atoms with van der Waals surface area (Å²) in [6, 6.07) is 0. The lowest BCUT2D eigenvalue weighted by Gasteiger charge is -2.09. The molecule has 19 heavy (non-hydrogen) atoms. The molecule has 0 aliphatic carbocycles. The zero-order valence-corrected chi connectivity index (χ0v) is 11.5. The van der Waals surface area contributed by atoms with Gasteiger partial charge in [-0.05, 0) is 12.8 Å². The van der Waals surface area contributed by atoms with Gasteiger partial charge < -0.3 is 10.4 Å². The molecule has 0 aliphatic heterocycles. The van der Waals surface area contributed by atoms with Crippen molar-refractivity contribution in [3.63, 3.8) is 0 Å². The molecule has 0 aliphatic rings. The molecule has 0 spiro atoms. The van der Waals surface area contributed by atoms with Gasteiger partial charge in [0.2, 0.25) is 0 Å². The molecule has 7 heteroatoms. The summed E-state index contributed by atoms with van der Waals surface area (Å²) < 4.78 is 1.43. The van der Waals surface area contributed by atoms with E-state index in [1.807, 2.05) is 5.38 Å². The molecule has 2 aromatic rings. The quantitative estimate of drug-likeness (QED) is 0.851. The number of rotatable bonds is 4. The molecular formula is C12H15N3O3S. The Bertz CT molecular complexity index is 662. The Morgan fingerprint density at radius 1 is 1.63 bits per heavy atom. The third kappa shape index (κ3) is 2.66. The Hall–Kier alpha value is -1.73. The lowest BCUT2D eigenvalue weighted by Crippen LogP contribution is -2.34. The van der Waals surface area contributed by atoms with E-state index in [9.17, 15) is 9.59 Å². The topological polar surface area (TPSA) is 83.7 Å². The van der Waals surface area contributed by atoms with Gasteiger partial charge in [-0.15, -0.1) is 11.3 Å². The van der Waals surface area contributed by atoms with Crippen LogP contribution < -0.4 is 10.9 Å². The van der Waals surface area contributed by atoms with E-state index < -0.39 is 5.91 Å². The molecule has 2 heterocycles. The second-order valence-corrected chi connectivity index (χ2v) is 5.31. The standard InChI is InChI=1S/C12H15N3O3S/c1-7(5-16)3-13-10(17)9-4-14-12-15(11(9)18)8(2)6-19-12/h4,6-7,16H,3,5H2,1-2H3,(H,13,17). The van der Waals surface area contributed by atoms with Gasteiger partial charge in [0.05, 0.1) is 0 Å². The smallest absolute Gasteiger partial charge is 0.271 e.